The predicted molar refractivity (Wildman–Crippen MR) is 94.1 cm³/mol. The van der Waals surface area contributed by atoms with Crippen LogP contribution in [-0.2, 0) is 13.1 Å². The lowest BCUT2D eigenvalue weighted by molar-refractivity contribution is 0.307. The maximum absolute atomic E-state index is 11.9. The van der Waals surface area contributed by atoms with Gasteiger partial charge in [0.15, 0.2) is 0 Å². The lowest BCUT2D eigenvalue weighted by atomic mass is 10.1. The first-order valence-electron chi connectivity index (χ1n) is 7.86. The van der Waals surface area contributed by atoms with Gasteiger partial charge < -0.3 is 9.88 Å². The summed E-state index contributed by atoms with van der Waals surface area (Å²) in [6.07, 6.45) is 1.78. The maximum atomic E-state index is 11.9. The summed E-state index contributed by atoms with van der Waals surface area (Å²) in [5.41, 5.74) is 2.11. The Bertz CT molecular complexity index is 943. The molecule has 2 heterocycles. The van der Waals surface area contributed by atoms with Crippen molar-refractivity contribution in [3.63, 3.8) is 0 Å². The Morgan fingerprint density at radius 3 is 2.83 bits per heavy atom. The van der Waals surface area contributed by atoms with Crippen molar-refractivity contribution in [3.05, 3.63) is 74.7 Å². The SMILES string of the molecule is Cc1cc(=O)n(CCN(C)Cc2ccc3ncccc3c2)c(=O)[nH]1. The number of aromatic amines is 1. The fourth-order valence-corrected chi connectivity index (χ4v) is 2.73. The Hall–Kier alpha value is -2.73. The second-order valence-corrected chi connectivity index (χ2v) is 6.02. The molecule has 6 nitrogen and oxygen atoms in total. The van der Waals surface area contributed by atoms with Crippen LogP contribution in [-0.4, -0.2) is 33.0 Å². The van der Waals surface area contributed by atoms with Crippen molar-refractivity contribution in [1.29, 1.82) is 0 Å². The van der Waals surface area contributed by atoms with Crippen LogP contribution >= 0.6 is 0 Å². The van der Waals surface area contributed by atoms with Crippen LogP contribution in [0.1, 0.15) is 11.3 Å². The first-order chi connectivity index (χ1) is 11.5. The van der Waals surface area contributed by atoms with Gasteiger partial charge >= 0.3 is 5.69 Å². The van der Waals surface area contributed by atoms with E-state index in [-0.39, 0.29) is 11.2 Å². The van der Waals surface area contributed by atoms with Gasteiger partial charge in [-0.05, 0) is 37.7 Å². The van der Waals surface area contributed by atoms with Crippen LogP contribution in [0.2, 0.25) is 0 Å². The summed E-state index contributed by atoms with van der Waals surface area (Å²) in [6.45, 7) is 3.41. The molecule has 0 aliphatic carbocycles. The normalized spacial score (nSPS) is 11.3. The molecule has 1 N–H and O–H groups in total. The van der Waals surface area contributed by atoms with Gasteiger partial charge in [-0.3, -0.25) is 14.3 Å². The van der Waals surface area contributed by atoms with Crippen molar-refractivity contribution in [2.75, 3.05) is 13.6 Å². The summed E-state index contributed by atoms with van der Waals surface area (Å²) in [5, 5.41) is 1.11. The molecule has 1 aromatic carbocycles. The van der Waals surface area contributed by atoms with E-state index in [0.29, 0.717) is 18.8 Å². The first-order valence-corrected chi connectivity index (χ1v) is 7.86. The van der Waals surface area contributed by atoms with Gasteiger partial charge in [0.2, 0.25) is 0 Å². The number of H-pyrrole nitrogens is 1. The molecule has 0 saturated heterocycles. The maximum Gasteiger partial charge on any atom is 0.328 e. The number of pyridine rings is 1. The van der Waals surface area contributed by atoms with Crippen molar-refractivity contribution in [1.82, 2.24) is 19.4 Å². The number of nitrogens with one attached hydrogen (secondary N) is 1. The van der Waals surface area contributed by atoms with E-state index in [1.165, 1.54) is 16.2 Å². The van der Waals surface area contributed by atoms with Gasteiger partial charge in [-0.15, -0.1) is 0 Å². The zero-order valence-electron chi connectivity index (χ0n) is 13.8. The number of benzene rings is 1. The van der Waals surface area contributed by atoms with Crippen molar-refractivity contribution in [3.8, 4) is 0 Å². The molecule has 0 unspecified atom stereocenters. The molecule has 0 amide bonds. The number of aromatic nitrogens is 3. The highest BCUT2D eigenvalue weighted by Gasteiger charge is 2.06. The summed E-state index contributed by atoms with van der Waals surface area (Å²) < 4.78 is 1.23. The van der Waals surface area contributed by atoms with E-state index in [2.05, 4.69) is 27.0 Å². The molecule has 2 aromatic heterocycles. The number of fused-ring (bicyclic) bond motifs is 1. The van der Waals surface area contributed by atoms with Gasteiger partial charge in [-0.1, -0.05) is 12.1 Å². The smallest absolute Gasteiger partial charge is 0.311 e. The summed E-state index contributed by atoms with van der Waals surface area (Å²) in [5.74, 6) is 0. The van der Waals surface area contributed by atoms with Gasteiger partial charge in [0.05, 0.1) is 5.52 Å². The Morgan fingerprint density at radius 2 is 2.04 bits per heavy atom. The van der Waals surface area contributed by atoms with Crippen molar-refractivity contribution in [2.45, 2.75) is 20.0 Å². The van der Waals surface area contributed by atoms with Gasteiger partial charge in [0.25, 0.3) is 5.56 Å². The fourth-order valence-electron chi connectivity index (χ4n) is 2.73. The van der Waals surface area contributed by atoms with Crippen LogP contribution in [0.25, 0.3) is 10.9 Å². The number of rotatable bonds is 5. The lowest BCUT2D eigenvalue weighted by Crippen LogP contribution is -2.38. The minimum Gasteiger partial charge on any atom is -0.311 e. The quantitative estimate of drug-likeness (QED) is 0.772. The number of hydrogen-bond acceptors (Lipinski definition) is 4. The molecule has 0 atom stereocenters. The number of likely N-dealkylation sites (N-methyl/N-ethyl adjacent to an activating group) is 1. The molecule has 0 aliphatic rings. The third-order valence-electron chi connectivity index (χ3n) is 3.98. The van der Waals surface area contributed by atoms with E-state index < -0.39 is 0 Å². The number of hydrogen-bond donors (Lipinski definition) is 1. The van der Waals surface area contributed by atoms with E-state index in [4.69, 9.17) is 0 Å². The third kappa shape index (κ3) is 3.60. The van der Waals surface area contributed by atoms with E-state index in [1.807, 2.05) is 25.2 Å². The highest BCUT2D eigenvalue weighted by molar-refractivity contribution is 5.78. The standard InChI is InChI=1S/C18H20N4O2/c1-13-10-17(23)22(18(24)20-13)9-8-21(2)12-14-5-6-16-15(11-14)4-3-7-19-16/h3-7,10-11H,8-9,12H2,1-2H3,(H,20,24). The molecule has 124 valence electrons. The summed E-state index contributed by atoms with van der Waals surface area (Å²) in [4.78, 5) is 32.8. The summed E-state index contributed by atoms with van der Waals surface area (Å²) in [6, 6.07) is 11.6. The van der Waals surface area contributed by atoms with E-state index >= 15 is 0 Å². The highest BCUT2D eigenvalue weighted by atomic mass is 16.2. The molecule has 0 fully saturated rings. The number of aryl methyl sites for hydroxylation is 1. The molecule has 6 heteroatoms. The topological polar surface area (TPSA) is 71.0 Å². The first kappa shape index (κ1) is 16.1. The van der Waals surface area contributed by atoms with Crippen LogP contribution in [0.3, 0.4) is 0 Å². The molecule has 0 saturated carbocycles. The molecular formula is C18H20N4O2. The monoisotopic (exact) mass is 324 g/mol. The average Bonchev–Trinajstić information content (AvgIpc) is 2.53. The average molecular weight is 324 g/mol. The summed E-state index contributed by atoms with van der Waals surface area (Å²) in [7, 11) is 1.97. The second-order valence-electron chi connectivity index (χ2n) is 6.02. The molecule has 0 bridgehead atoms. The molecule has 0 radical (unpaired) electrons. The zero-order valence-corrected chi connectivity index (χ0v) is 13.8. The fraction of sp³-hybridized carbons (Fsp3) is 0.278. The van der Waals surface area contributed by atoms with Crippen molar-refractivity contribution in [2.24, 2.45) is 0 Å². The largest absolute Gasteiger partial charge is 0.328 e. The van der Waals surface area contributed by atoms with Crippen LogP contribution < -0.4 is 11.2 Å². The zero-order chi connectivity index (χ0) is 17.1. The minimum atomic E-state index is -0.356. The van der Waals surface area contributed by atoms with Gasteiger partial charge in [-0.2, -0.15) is 0 Å². The predicted octanol–water partition coefficient (Wildman–Crippen LogP) is 1.53. The van der Waals surface area contributed by atoms with Crippen molar-refractivity contribution < 1.29 is 0 Å². The van der Waals surface area contributed by atoms with Crippen LogP contribution in [0.5, 0.6) is 0 Å². The Kier molecular flexibility index (Phi) is 4.57. The molecular weight excluding hydrogens is 304 g/mol. The molecule has 0 spiro atoms. The van der Waals surface area contributed by atoms with Crippen LogP contribution in [0.4, 0.5) is 0 Å². The summed E-state index contributed by atoms with van der Waals surface area (Å²) >= 11 is 0. The van der Waals surface area contributed by atoms with Gasteiger partial charge in [-0.25, -0.2) is 4.79 Å². The van der Waals surface area contributed by atoms with Gasteiger partial charge in [0, 0.05) is 43.0 Å². The van der Waals surface area contributed by atoms with E-state index in [9.17, 15) is 9.59 Å². The third-order valence-corrected chi connectivity index (χ3v) is 3.98. The van der Waals surface area contributed by atoms with Crippen molar-refractivity contribution >= 4 is 10.9 Å². The van der Waals surface area contributed by atoms with E-state index in [1.54, 1.807) is 13.1 Å². The molecule has 0 aliphatic heterocycles. The molecule has 3 rings (SSSR count). The lowest BCUT2D eigenvalue weighted by Gasteiger charge is -2.17. The Morgan fingerprint density at radius 1 is 1.21 bits per heavy atom. The second kappa shape index (κ2) is 6.80. The Labute approximate surface area is 139 Å². The van der Waals surface area contributed by atoms with Gasteiger partial charge in [0.1, 0.15) is 0 Å². The molecule has 24 heavy (non-hydrogen) atoms. The Balaban J connectivity index is 1.68. The highest BCUT2D eigenvalue weighted by Crippen LogP contribution is 2.14. The van der Waals surface area contributed by atoms with Crippen LogP contribution in [0.15, 0.2) is 52.2 Å². The van der Waals surface area contributed by atoms with Crippen LogP contribution in [0, 0.1) is 6.92 Å². The minimum absolute atomic E-state index is 0.263. The molecule has 3 aromatic rings. The number of nitrogens with zero attached hydrogens (tertiary/aromatic N) is 3. The van der Waals surface area contributed by atoms with E-state index in [0.717, 1.165) is 17.4 Å².